The van der Waals surface area contributed by atoms with E-state index < -0.39 is 0 Å². The molecule has 5 aromatic carbocycles. The van der Waals surface area contributed by atoms with Crippen LogP contribution >= 0.6 is 0 Å². The molecule has 0 spiro atoms. The van der Waals surface area contributed by atoms with Crippen molar-refractivity contribution in [2.75, 3.05) is 0 Å². The van der Waals surface area contributed by atoms with E-state index >= 15 is 0 Å². The highest BCUT2D eigenvalue weighted by atomic mass is 16.5. The molecule has 2 aliphatic rings. The third kappa shape index (κ3) is 4.10. The van der Waals surface area contributed by atoms with Gasteiger partial charge in [0.1, 0.15) is 11.5 Å². The number of hydrogen-bond acceptors (Lipinski definition) is 1. The Morgan fingerprint density at radius 1 is 0.630 bits per heavy atom. The minimum atomic E-state index is -0.158. The molecule has 0 aliphatic carbocycles. The van der Waals surface area contributed by atoms with Crippen LogP contribution in [0.5, 0.6) is 11.5 Å². The average molecular weight is 602 g/mol. The van der Waals surface area contributed by atoms with Crippen molar-refractivity contribution in [3.05, 3.63) is 118 Å². The normalized spacial score (nSPS) is 15.0. The van der Waals surface area contributed by atoms with E-state index in [1.165, 1.54) is 77.3 Å². The lowest BCUT2D eigenvalue weighted by Crippen LogP contribution is -2.62. The number of aromatic nitrogens is 1. The third-order valence-corrected chi connectivity index (χ3v) is 10.8. The maximum absolute atomic E-state index is 6.63. The van der Waals surface area contributed by atoms with Gasteiger partial charge >= 0.3 is 0 Å². The topological polar surface area (TPSA) is 14.2 Å². The van der Waals surface area contributed by atoms with Gasteiger partial charge in [-0.1, -0.05) is 103 Å². The first-order valence-corrected chi connectivity index (χ1v) is 16.8. The van der Waals surface area contributed by atoms with E-state index in [4.69, 9.17) is 4.74 Å². The van der Waals surface area contributed by atoms with E-state index in [0.717, 1.165) is 11.5 Å². The van der Waals surface area contributed by atoms with E-state index in [1.807, 2.05) is 0 Å². The lowest BCUT2D eigenvalue weighted by molar-refractivity contribution is 0.484. The first kappa shape index (κ1) is 29.2. The standard InChI is InChI=1S/C43H44BNO/c1-25-11-19-37-34(21-25)44-33-24-29(15-16-32(33)43(9,10)39-26(2)12-20-38(46-37)40(39)44)45-35-17-13-27(41(3,4)5)22-30(35)31-23-28(42(6,7)8)14-18-36(31)45/h11-24H,1-10H3. The fraction of sp³-hybridized carbons (Fsp3) is 0.302. The molecule has 46 heavy (non-hydrogen) atoms. The first-order chi connectivity index (χ1) is 21.6. The largest absolute Gasteiger partial charge is 0.458 e. The van der Waals surface area contributed by atoms with Crippen molar-refractivity contribution in [3.8, 4) is 17.2 Å². The molecule has 3 heterocycles. The number of aryl methyl sites for hydroxylation is 2. The smallest absolute Gasteiger partial charge is 0.251 e. The number of ether oxygens (including phenoxy) is 1. The summed E-state index contributed by atoms with van der Waals surface area (Å²) < 4.78 is 9.13. The molecule has 1 aromatic heterocycles. The molecule has 230 valence electrons. The van der Waals surface area contributed by atoms with Gasteiger partial charge in [0.2, 0.25) is 0 Å². The summed E-state index contributed by atoms with van der Waals surface area (Å²) in [5.74, 6) is 1.96. The molecule has 0 radical (unpaired) electrons. The molecule has 6 aromatic rings. The summed E-state index contributed by atoms with van der Waals surface area (Å²) in [6.45, 7) is 23.2. The summed E-state index contributed by atoms with van der Waals surface area (Å²) in [4.78, 5) is 0. The van der Waals surface area contributed by atoms with Gasteiger partial charge in [0, 0.05) is 21.9 Å². The third-order valence-electron chi connectivity index (χ3n) is 10.8. The summed E-state index contributed by atoms with van der Waals surface area (Å²) in [6, 6.07) is 32.6. The van der Waals surface area contributed by atoms with Crippen LogP contribution < -0.4 is 21.1 Å². The second-order valence-corrected chi connectivity index (χ2v) is 16.4. The Bertz CT molecular complexity index is 2180. The Morgan fingerprint density at radius 2 is 1.24 bits per heavy atom. The van der Waals surface area contributed by atoms with Gasteiger partial charge in [0.25, 0.3) is 6.71 Å². The zero-order chi connectivity index (χ0) is 32.5. The molecule has 0 fully saturated rings. The van der Waals surface area contributed by atoms with Crippen molar-refractivity contribution in [3.63, 3.8) is 0 Å². The maximum atomic E-state index is 6.63. The van der Waals surface area contributed by atoms with Crippen molar-refractivity contribution in [2.45, 2.75) is 85.5 Å². The van der Waals surface area contributed by atoms with Crippen LogP contribution in [0.3, 0.4) is 0 Å². The van der Waals surface area contributed by atoms with Crippen LogP contribution in [0.1, 0.15) is 88.8 Å². The first-order valence-electron chi connectivity index (χ1n) is 16.8. The highest BCUT2D eigenvalue weighted by Crippen LogP contribution is 2.42. The average Bonchev–Trinajstić information content (AvgIpc) is 3.31. The van der Waals surface area contributed by atoms with Gasteiger partial charge < -0.3 is 9.30 Å². The zero-order valence-corrected chi connectivity index (χ0v) is 29.0. The lowest BCUT2D eigenvalue weighted by atomic mass is 9.30. The van der Waals surface area contributed by atoms with E-state index in [9.17, 15) is 0 Å². The van der Waals surface area contributed by atoms with Gasteiger partial charge in [-0.15, -0.1) is 0 Å². The van der Waals surface area contributed by atoms with Gasteiger partial charge in [-0.2, -0.15) is 0 Å². The van der Waals surface area contributed by atoms with E-state index in [0.29, 0.717) is 0 Å². The molecule has 0 unspecified atom stereocenters. The van der Waals surface area contributed by atoms with Crippen LogP contribution in [0.25, 0.3) is 27.5 Å². The molecule has 2 nitrogen and oxygen atoms in total. The van der Waals surface area contributed by atoms with Crippen molar-refractivity contribution in [1.82, 2.24) is 4.57 Å². The van der Waals surface area contributed by atoms with Crippen LogP contribution in [0, 0.1) is 13.8 Å². The molecule has 0 saturated heterocycles. The summed E-state index contributed by atoms with van der Waals surface area (Å²) >= 11 is 0. The predicted octanol–water partition coefficient (Wildman–Crippen LogP) is 9.26. The molecular formula is C43H44BNO. The predicted molar refractivity (Wildman–Crippen MR) is 197 cm³/mol. The number of hydrogen-bond donors (Lipinski definition) is 0. The Hall–Kier alpha value is -4.24. The highest BCUT2D eigenvalue weighted by molar-refractivity contribution is 6.98. The fourth-order valence-electron chi connectivity index (χ4n) is 8.36. The van der Waals surface area contributed by atoms with Gasteiger partial charge in [0.05, 0.1) is 11.0 Å². The number of nitrogens with zero attached hydrogens (tertiary/aromatic N) is 1. The Morgan fingerprint density at radius 3 is 1.85 bits per heavy atom. The summed E-state index contributed by atoms with van der Waals surface area (Å²) in [5, 5.41) is 2.64. The van der Waals surface area contributed by atoms with Crippen molar-refractivity contribution >= 4 is 44.9 Å². The second-order valence-electron chi connectivity index (χ2n) is 16.4. The summed E-state index contributed by atoms with van der Waals surface area (Å²) in [7, 11) is 0. The summed E-state index contributed by atoms with van der Waals surface area (Å²) in [5.41, 5.74) is 15.8. The van der Waals surface area contributed by atoms with Crippen LogP contribution in [-0.4, -0.2) is 11.3 Å². The van der Waals surface area contributed by atoms with E-state index in [2.05, 4.69) is 159 Å². The van der Waals surface area contributed by atoms with Gasteiger partial charge in [-0.05, 0) is 112 Å². The van der Waals surface area contributed by atoms with Gasteiger partial charge in [-0.3, -0.25) is 0 Å². The SMILES string of the molecule is Cc1ccc2c(c1)B1c3cc(-n4c5ccc(C(C)(C)C)cc5c5cc(C(C)(C)C)ccc54)ccc3C(C)(C)c3c(C)ccc(c31)O2. The molecule has 2 aliphatic heterocycles. The highest BCUT2D eigenvalue weighted by Gasteiger charge is 2.45. The molecule has 0 N–H and O–H groups in total. The molecule has 0 atom stereocenters. The monoisotopic (exact) mass is 601 g/mol. The number of fused-ring (bicyclic) bond motifs is 7. The Labute approximate surface area is 274 Å². The van der Waals surface area contributed by atoms with Gasteiger partial charge in [0.15, 0.2) is 0 Å². The Balaban J connectivity index is 1.44. The van der Waals surface area contributed by atoms with Crippen LogP contribution in [-0.2, 0) is 16.2 Å². The maximum Gasteiger partial charge on any atom is 0.251 e. The Kier molecular flexibility index (Phi) is 5.97. The molecule has 3 heteroatoms. The minimum Gasteiger partial charge on any atom is -0.458 e. The van der Waals surface area contributed by atoms with Crippen molar-refractivity contribution in [2.24, 2.45) is 0 Å². The van der Waals surface area contributed by atoms with Crippen LogP contribution in [0.15, 0.2) is 84.9 Å². The number of benzene rings is 5. The molecule has 0 bridgehead atoms. The quantitative estimate of drug-likeness (QED) is 0.171. The summed E-state index contributed by atoms with van der Waals surface area (Å²) in [6.07, 6.45) is 0. The van der Waals surface area contributed by atoms with Crippen molar-refractivity contribution < 1.29 is 4.74 Å². The molecule has 0 amide bonds. The second kappa shape index (κ2) is 9.41. The van der Waals surface area contributed by atoms with Gasteiger partial charge in [-0.25, -0.2) is 0 Å². The van der Waals surface area contributed by atoms with E-state index in [-0.39, 0.29) is 23.0 Å². The fourth-order valence-corrected chi connectivity index (χ4v) is 8.36. The number of rotatable bonds is 1. The zero-order valence-electron chi connectivity index (χ0n) is 29.0. The van der Waals surface area contributed by atoms with E-state index in [1.54, 1.807) is 0 Å². The molecule has 0 saturated carbocycles. The van der Waals surface area contributed by atoms with Crippen LogP contribution in [0.2, 0.25) is 0 Å². The van der Waals surface area contributed by atoms with Crippen molar-refractivity contribution in [1.29, 1.82) is 0 Å². The van der Waals surface area contributed by atoms with Crippen LogP contribution in [0.4, 0.5) is 0 Å². The molecule has 8 rings (SSSR count). The minimum absolute atomic E-state index is 0.0689. The lowest BCUT2D eigenvalue weighted by Gasteiger charge is -2.42. The molecular weight excluding hydrogens is 557 g/mol.